The maximum Gasteiger partial charge on any atom is 0.348 e. The first-order chi connectivity index (χ1) is 8.13. The third-order valence-electron chi connectivity index (χ3n) is 3.08. The molecule has 0 amide bonds. The van der Waals surface area contributed by atoms with Crippen molar-refractivity contribution in [2.45, 2.75) is 39.5 Å². The Hall–Kier alpha value is -1.63. The third-order valence-corrected chi connectivity index (χ3v) is 3.08. The fraction of sp³-hybridized carbons (Fsp3) is 0.615. The second-order valence-electron chi connectivity index (χ2n) is 4.10. The first kappa shape index (κ1) is 13.4. The molecule has 0 N–H and O–H groups in total. The summed E-state index contributed by atoms with van der Waals surface area (Å²) in [5.74, 6) is -0.389. The van der Waals surface area contributed by atoms with E-state index in [1.54, 1.807) is 6.92 Å². The fourth-order valence-corrected chi connectivity index (χ4v) is 2.07. The van der Waals surface area contributed by atoms with Crippen molar-refractivity contribution in [3.05, 3.63) is 11.1 Å². The van der Waals surface area contributed by atoms with Crippen molar-refractivity contribution in [2.24, 2.45) is 5.92 Å². The maximum atomic E-state index is 11.7. The molecule has 1 unspecified atom stereocenters. The van der Waals surface area contributed by atoms with E-state index < -0.39 is 5.97 Å². The summed E-state index contributed by atoms with van der Waals surface area (Å²) in [7, 11) is 0. The topological polar surface area (TPSA) is 67.2 Å². The molecule has 1 atom stereocenters. The van der Waals surface area contributed by atoms with Gasteiger partial charge in [0, 0.05) is 12.3 Å². The molecular weight excluding hydrogens is 218 g/mol. The highest BCUT2D eigenvalue weighted by molar-refractivity contribution is 5.96. The van der Waals surface area contributed by atoms with Crippen LogP contribution >= 0.6 is 0 Å². The molecule has 0 radical (unpaired) electrons. The molecule has 0 aliphatic heterocycles. The zero-order valence-corrected chi connectivity index (χ0v) is 10.3. The van der Waals surface area contributed by atoms with Gasteiger partial charge in [0.25, 0.3) is 0 Å². The SMILES string of the molecule is CCOC(=O)/C(C#N)=C1/CCC(CC)C(=O)C1. The molecule has 1 fully saturated rings. The lowest BCUT2D eigenvalue weighted by Crippen LogP contribution is -2.22. The first-order valence-electron chi connectivity index (χ1n) is 5.95. The normalized spacial score (nSPS) is 22.9. The molecule has 17 heavy (non-hydrogen) atoms. The smallest absolute Gasteiger partial charge is 0.348 e. The first-order valence-corrected chi connectivity index (χ1v) is 5.95. The average molecular weight is 235 g/mol. The molecule has 0 bridgehead atoms. The van der Waals surface area contributed by atoms with Gasteiger partial charge in [-0.15, -0.1) is 0 Å². The molecule has 1 aliphatic carbocycles. The van der Waals surface area contributed by atoms with Crippen molar-refractivity contribution in [1.29, 1.82) is 5.26 Å². The van der Waals surface area contributed by atoms with Gasteiger partial charge in [-0.1, -0.05) is 6.92 Å². The molecule has 1 rings (SSSR count). The van der Waals surface area contributed by atoms with E-state index in [0.717, 1.165) is 12.8 Å². The maximum absolute atomic E-state index is 11.7. The molecule has 0 spiro atoms. The number of ketones is 1. The molecule has 0 aromatic heterocycles. The molecule has 0 aromatic rings. The number of Topliss-reactive ketones (excluding diaryl/α,β-unsaturated/α-hetero) is 1. The summed E-state index contributed by atoms with van der Waals surface area (Å²) < 4.78 is 4.81. The van der Waals surface area contributed by atoms with Crippen LogP contribution in [0.4, 0.5) is 0 Å². The van der Waals surface area contributed by atoms with Gasteiger partial charge in [0.15, 0.2) is 0 Å². The quantitative estimate of drug-likeness (QED) is 0.427. The molecule has 4 heteroatoms. The van der Waals surface area contributed by atoms with Gasteiger partial charge in [0.05, 0.1) is 6.61 Å². The Labute approximate surface area is 101 Å². The van der Waals surface area contributed by atoms with Crippen LogP contribution < -0.4 is 0 Å². The Morgan fingerprint density at radius 2 is 2.24 bits per heavy atom. The summed E-state index contributed by atoms with van der Waals surface area (Å²) >= 11 is 0. The van der Waals surface area contributed by atoms with Gasteiger partial charge in [-0.2, -0.15) is 5.26 Å². The second-order valence-corrected chi connectivity index (χ2v) is 4.10. The van der Waals surface area contributed by atoms with Crippen LogP contribution in [0.25, 0.3) is 0 Å². The molecule has 0 saturated heterocycles. The number of allylic oxidation sites excluding steroid dienone is 1. The number of carbonyl (C=O) groups excluding carboxylic acids is 2. The average Bonchev–Trinajstić information content (AvgIpc) is 2.30. The highest BCUT2D eigenvalue weighted by Crippen LogP contribution is 2.29. The van der Waals surface area contributed by atoms with E-state index in [1.165, 1.54) is 0 Å². The number of hydrogen-bond acceptors (Lipinski definition) is 4. The number of esters is 1. The van der Waals surface area contributed by atoms with E-state index in [1.807, 2.05) is 13.0 Å². The summed E-state index contributed by atoms with van der Waals surface area (Å²) in [4.78, 5) is 23.3. The Bertz CT molecular complexity index is 390. The van der Waals surface area contributed by atoms with Crippen LogP contribution in [0.2, 0.25) is 0 Å². The summed E-state index contributed by atoms with van der Waals surface area (Å²) in [6.07, 6.45) is 2.43. The van der Waals surface area contributed by atoms with Gasteiger partial charge in [0.2, 0.25) is 0 Å². The van der Waals surface area contributed by atoms with Gasteiger partial charge in [-0.3, -0.25) is 4.79 Å². The minimum atomic E-state index is -0.604. The lowest BCUT2D eigenvalue weighted by molar-refractivity contribution is -0.138. The monoisotopic (exact) mass is 235 g/mol. The van der Waals surface area contributed by atoms with Crippen LogP contribution in [0.3, 0.4) is 0 Å². The van der Waals surface area contributed by atoms with E-state index in [-0.39, 0.29) is 30.3 Å². The standard InChI is InChI=1S/C13H17NO3/c1-3-9-5-6-10(7-12(9)15)11(8-14)13(16)17-4-2/h9H,3-7H2,1-2H3/b11-10-. The molecular formula is C13H17NO3. The number of rotatable bonds is 3. The number of nitriles is 1. The molecule has 1 aliphatic rings. The van der Waals surface area contributed by atoms with Crippen molar-refractivity contribution in [3.8, 4) is 6.07 Å². The van der Waals surface area contributed by atoms with Crippen LogP contribution in [-0.2, 0) is 14.3 Å². The van der Waals surface area contributed by atoms with E-state index in [9.17, 15) is 9.59 Å². The van der Waals surface area contributed by atoms with Crippen molar-refractivity contribution in [2.75, 3.05) is 6.61 Å². The molecule has 92 valence electrons. The Morgan fingerprint density at radius 3 is 2.71 bits per heavy atom. The summed E-state index contributed by atoms with van der Waals surface area (Å²) in [5.41, 5.74) is 0.662. The van der Waals surface area contributed by atoms with Crippen LogP contribution in [-0.4, -0.2) is 18.4 Å². The third kappa shape index (κ3) is 3.16. The predicted molar refractivity (Wildman–Crippen MR) is 61.9 cm³/mol. The van der Waals surface area contributed by atoms with Crippen molar-refractivity contribution in [3.63, 3.8) is 0 Å². The van der Waals surface area contributed by atoms with E-state index in [0.29, 0.717) is 12.0 Å². The number of nitrogens with zero attached hydrogens (tertiary/aromatic N) is 1. The molecule has 1 saturated carbocycles. The lowest BCUT2D eigenvalue weighted by Gasteiger charge is -2.22. The van der Waals surface area contributed by atoms with E-state index >= 15 is 0 Å². The summed E-state index contributed by atoms with van der Waals surface area (Å²) in [6.45, 7) is 3.91. The van der Waals surface area contributed by atoms with Gasteiger partial charge in [-0.05, 0) is 31.8 Å². The van der Waals surface area contributed by atoms with Crippen molar-refractivity contribution < 1.29 is 14.3 Å². The van der Waals surface area contributed by atoms with Gasteiger partial charge >= 0.3 is 5.97 Å². The lowest BCUT2D eigenvalue weighted by atomic mass is 9.81. The predicted octanol–water partition coefficient (Wildman–Crippen LogP) is 2.15. The molecule has 0 heterocycles. The zero-order chi connectivity index (χ0) is 12.8. The molecule has 0 aromatic carbocycles. The highest BCUT2D eigenvalue weighted by atomic mass is 16.5. The summed E-state index contributed by atoms with van der Waals surface area (Å²) in [6, 6.07) is 1.86. The van der Waals surface area contributed by atoms with Gasteiger partial charge in [-0.25, -0.2) is 4.79 Å². The van der Waals surface area contributed by atoms with Gasteiger partial charge < -0.3 is 4.74 Å². The van der Waals surface area contributed by atoms with Gasteiger partial charge in [0.1, 0.15) is 17.4 Å². The summed E-state index contributed by atoms with van der Waals surface area (Å²) in [5, 5.41) is 8.96. The zero-order valence-electron chi connectivity index (χ0n) is 10.3. The van der Waals surface area contributed by atoms with Crippen LogP contribution in [0.1, 0.15) is 39.5 Å². The van der Waals surface area contributed by atoms with E-state index in [2.05, 4.69) is 0 Å². The number of carbonyl (C=O) groups is 2. The minimum absolute atomic E-state index is 0.0229. The van der Waals surface area contributed by atoms with Crippen molar-refractivity contribution >= 4 is 11.8 Å². The minimum Gasteiger partial charge on any atom is -0.462 e. The van der Waals surface area contributed by atoms with Crippen LogP contribution in [0, 0.1) is 17.2 Å². The largest absolute Gasteiger partial charge is 0.462 e. The van der Waals surface area contributed by atoms with Crippen LogP contribution in [0.15, 0.2) is 11.1 Å². The fourth-order valence-electron chi connectivity index (χ4n) is 2.07. The highest BCUT2D eigenvalue weighted by Gasteiger charge is 2.27. The Balaban J connectivity index is 2.87. The number of ether oxygens (including phenoxy) is 1. The van der Waals surface area contributed by atoms with Crippen molar-refractivity contribution in [1.82, 2.24) is 0 Å². The van der Waals surface area contributed by atoms with Crippen LogP contribution in [0.5, 0.6) is 0 Å². The second kappa shape index (κ2) is 6.19. The Morgan fingerprint density at radius 1 is 1.53 bits per heavy atom. The van der Waals surface area contributed by atoms with E-state index in [4.69, 9.17) is 10.00 Å². The number of hydrogen-bond donors (Lipinski definition) is 0. The Kier molecular flexibility index (Phi) is 4.89. The molecule has 4 nitrogen and oxygen atoms in total.